The maximum Gasteiger partial charge on any atom is 0.417 e. The van der Waals surface area contributed by atoms with Crippen LogP contribution in [-0.4, -0.2) is 22.6 Å². The van der Waals surface area contributed by atoms with E-state index in [1.807, 2.05) is 0 Å². The molecule has 0 radical (unpaired) electrons. The fourth-order valence-corrected chi connectivity index (χ4v) is 2.87. The number of rotatable bonds is 6. The van der Waals surface area contributed by atoms with E-state index in [4.69, 9.17) is 0 Å². The van der Waals surface area contributed by atoms with Gasteiger partial charge in [-0.3, -0.25) is 4.57 Å². The number of methoxy groups -OCH3 is 1. The molecule has 0 aliphatic rings. The standard InChI is InChI=1S/C9H10F3O7PS/c1-16-7-5-3-4-6(9(10,11)12)8(7)21(14,15)19-18-20(13)17-2/h3-5,20H,1-2H3. The number of alkyl halides is 3. The zero-order chi connectivity index (χ0) is 16.3. The minimum absolute atomic E-state index is 0.526. The fraction of sp³-hybridized carbons (Fsp3) is 0.333. The van der Waals surface area contributed by atoms with Gasteiger partial charge in [0.15, 0.2) is 4.90 Å². The average Bonchev–Trinajstić information content (AvgIpc) is 2.42. The van der Waals surface area contributed by atoms with Gasteiger partial charge in [-0.05, 0) is 12.1 Å². The minimum atomic E-state index is -5.04. The Labute approximate surface area is 118 Å². The van der Waals surface area contributed by atoms with Crippen LogP contribution in [0.2, 0.25) is 0 Å². The van der Waals surface area contributed by atoms with Crippen LogP contribution < -0.4 is 4.74 Å². The van der Waals surface area contributed by atoms with Crippen LogP contribution in [0.4, 0.5) is 13.2 Å². The molecule has 7 nitrogen and oxygen atoms in total. The smallest absolute Gasteiger partial charge is 0.417 e. The second-order valence-corrected chi connectivity index (χ2v) is 5.92. The Bertz CT molecular complexity index is 629. The van der Waals surface area contributed by atoms with Crippen molar-refractivity contribution >= 4 is 18.4 Å². The molecule has 1 unspecified atom stereocenters. The summed E-state index contributed by atoms with van der Waals surface area (Å²) in [6, 6.07) is 2.47. The van der Waals surface area contributed by atoms with Crippen LogP contribution in [0.25, 0.3) is 0 Å². The molecule has 120 valence electrons. The molecule has 0 N–H and O–H groups in total. The highest BCUT2D eigenvalue weighted by molar-refractivity contribution is 7.87. The molecule has 0 heterocycles. The third kappa shape index (κ3) is 4.42. The lowest BCUT2D eigenvalue weighted by molar-refractivity contribution is -0.141. The minimum Gasteiger partial charge on any atom is -0.495 e. The normalized spacial score (nSPS) is 14.0. The van der Waals surface area contributed by atoms with Crippen LogP contribution >= 0.6 is 8.25 Å². The summed E-state index contributed by atoms with van der Waals surface area (Å²) in [5.74, 6) is -0.606. The predicted octanol–water partition coefficient (Wildman–Crippen LogP) is 2.39. The van der Waals surface area contributed by atoms with Crippen molar-refractivity contribution in [2.75, 3.05) is 14.2 Å². The highest BCUT2D eigenvalue weighted by atomic mass is 32.2. The van der Waals surface area contributed by atoms with E-state index in [1.165, 1.54) is 0 Å². The highest BCUT2D eigenvalue weighted by Gasteiger charge is 2.40. The van der Waals surface area contributed by atoms with Gasteiger partial charge in [0.2, 0.25) is 0 Å². The Morgan fingerprint density at radius 2 is 1.81 bits per heavy atom. The molecule has 0 spiro atoms. The molecule has 1 atom stereocenters. The van der Waals surface area contributed by atoms with Crippen LogP contribution in [-0.2, 0) is 34.4 Å². The molecule has 0 fully saturated rings. The Balaban J connectivity index is 3.36. The molecule has 0 amide bonds. The lowest BCUT2D eigenvalue weighted by Gasteiger charge is -2.15. The zero-order valence-corrected chi connectivity index (χ0v) is 12.4. The van der Waals surface area contributed by atoms with Gasteiger partial charge < -0.3 is 9.26 Å². The maximum atomic E-state index is 12.9. The van der Waals surface area contributed by atoms with E-state index in [-0.39, 0.29) is 0 Å². The molecule has 0 saturated carbocycles. The van der Waals surface area contributed by atoms with Crippen molar-refractivity contribution in [1.82, 2.24) is 0 Å². The first-order chi connectivity index (χ1) is 9.63. The molecule has 0 aliphatic carbocycles. The first kappa shape index (κ1) is 17.9. The fourth-order valence-electron chi connectivity index (χ4n) is 1.30. The topological polar surface area (TPSA) is 88.1 Å². The van der Waals surface area contributed by atoms with Crippen molar-refractivity contribution in [3.63, 3.8) is 0 Å². The molecule has 0 aliphatic heterocycles. The van der Waals surface area contributed by atoms with Crippen molar-refractivity contribution in [2.24, 2.45) is 0 Å². The van der Waals surface area contributed by atoms with Gasteiger partial charge in [-0.15, -0.1) is 4.67 Å². The molecule has 12 heteroatoms. The van der Waals surface area contributed by atoms with Crippen LogP contribution in [0.5, 0.6) is 5.75 Å². The second kappa shape index (κ2) is 6.75. The van der Waals surface area contributed by atoms with Gasteiger partial charge in [0.25, 0.3) is 0 Å². The Morgan fingerprint density at radius 3 is 2.29 bits per heavy atom. The third-order valence-electron chi connectivity index (χ3n) is 2.11. The van der Waals surface area contributed by atoms with Gasteiger partial charge in [0, 0.05) is 7.11 Å². The van der Waals surface area contributed by atoms with E-state index >= 15 is 0 Å². The molecule has 1 aromatic carbocycles. The van der Waals surface area contributed by atoms with Crippen LogP contribution in [0.15, 0.2) is 23.1 Å². The monoisotopic (exact) mass is 350 g/mol. The number of benzene rings is 1. The average molecular weight is 350 g/mol. The highest BCUT2D eigenvalue weighted by Crippen LogP contribution is 2.40. The summed E-state index contributed by atoms with van der Waals surface area (Å²) >= 11 is 0. The molecule has 0 saturated heterocycles. The van der Waals surface area contributed by atoms with Gasteiger partial charge in [-0.2, -0.15) is 21.6 Å². The van der Waals surface area contributed by atoms with Crippen molar-refractivity contribution in [2.45, 2.75) is 11.1 Å². The second-order valence-electron chi connectivity index (χ2n) is 3.39. The molecule has 0 bridgehead atoms. The lowest BCUT2D eigenvalue weighted by Crippen LogP contribution is -2.16. The van der Waals surface area contributed by atoms with E-state index in [9.17, 15) is 26.2 Å². The van der Waals surface area contributed by atoms with Gasteiger partial charge in [0.05, 0.1) is 12.7 Å². The van der Waals surface area contributed by atoms with E-state index in [1.54, 1.807) is 0 Å². The molecular formula is C9H10F3O7PS. The van der Waals surface area contributed by atoms with Gasteiger partial charge in [-0.25, -0.2) is 0 Å². The summed E-state index contributed by atoms with van der Waals surface area (Å²) in [4.78, 5) is -1.29. The van der Waals surface area contributed by atoms with Gasteiger partial charge in [-0.1, -0.05) is 10.4 Å². The summed E-state index contributed by atoms with van der Waals surface area (Å²) < 4.78 is 89.4. The number of hydrogen-bond donors (Lipinski definition) is 0. The van der Waals surface area contributed by atoms with E-state index in [0.29, 0.717) is 6.07 Å². The first-order valence-corrected chi connectivity index (χ1v) is 7.70. The Hall–Kier alpha value is -1.13. The van der Waals surface area contributed by atoms with Crippen molar-refractivity contribution in [3.8, 4) is 5.75 Å². The van der Waals surface area contributed by atoms with Crippen molar-refractivity contribution in [1.29, 1.82) is 0 Å². The Kier molecular flexibility index (Phi) is 5.76. The van der Waals surface area contributed by atoms with Crippen LogP contribution in [0.3, 0.4) is 0 Å². The Morgan fingerprint density at radius 1 is 1.19 bits per heavy atom. The quantitative estimate of drug-likeness (QED) is 0.442. The van der Waals surface area contributed by atoms with E-state index in [0.717, 1.165) is 26.4 Å². The number of ether oxygens (including phenoxy) is 1. The summed E-state index contributed by atoms with van der Waals surface area (Å²) in [5, 5.41) is 0. The van der Waals surface area contributed by atoms with Crippen molar-refractivity contribution < 1.29 is 44.4 Å². The summed E-state index contributed by atoms with van der Waals surface area (Å²) in [6.45, 7) is 0. The first-order valence-electron chi connectivity index (χ1n) is 5.06. The third-order valence-corrected chi connectivity index (χ3v) is 3.95. The van der Waals surface area contributed by atoms with Crippen LogP contribution in [0.1, 0.15) is 5.56 Å². The van der Waals surface area contributed by atoms with Gasteiger partial charge >= 0.3 is 24.5 Å². The molecule has 1 aromatic rings. The van der Waals surface area contributed by atoms with Gasteiger partial charge in [0.1, 0.15) is 5.75 Å². The van der Waals surface area contributed by atoms with E-state index in [2.05, 4.69) is 18.3 Å². The summed E-state index contributed by atoms with van der Waals surface area (Å²) in [7, 11) is -6.44. The lowest BCUT2D eigenvalue weighted by atomic mass is 10.2. The number of halogens is 3. The summed E-state index contributed by atoms with van der Waals surface area (Å²) in [5.41, 5.74) is -1.51. The van der Waals surface area contributed by atoms with Crippen molar-refractivity contribution in [3.05, 3.63) is 23.8 Å². The van der Waals surface area contributed by atoms with Crippen LogP contribution in [0, 0.1) is 0 Å². The zero-order valence-electron chi connectivity index (χ0n) is 10.6. The molecule has 21 heavy (non-hydrogen) atoms. The SMILES string of the molecule is COc1cccc(C(F)(F)F)c1S(=O)(=O)OO[PH](=O)OC. The maximum absolute atomic E-state index is 12.9. The number of hydrogen-bond acceptors (Lipinski definition) is 7. The largest absolute Gasteiger partial charge is 0.495 e. The molecular weight excluding hydrogens is 340 g/mol. The summed E-state index contributed by atoms with van der Waals surface area (Å²) in [6.07, 6.45) is -4.98. The predicted molar refractivity (Wildman–Crippen MR) is 63.4 cm³/mol. The molecule has 0 aromatic heterocycles. The molecule has 1 rings (SSSR count). The van der Waals surface area contributed by atoms with E-state index < -0.39 is 40.8 Å².